The zero-order valence-electron chi connectivity index (χ0n) is 19.1. The van der Waals surface area contributed by atoms with Gasteiger partial charge in [-0.25, -0.2) is 0 Å². The molecule has 4 nitrogen and oxygen atoms in total. The molecule has 0 spiro atoms. The predicted molar refractivity (Wildman–Crippen MR) is 144 cm³/mol. The Morgan fingerprint density at radius 1 is 1.18 bits per heavy atom. The van der Waals surface area contributed by atoms with E-state index in [4.69, 9.17) is 11.6 Å². The Morgan fingerprint density at radius 2 is 1.97 bits per heavy atom. The summed E-state index contributed by atoms with van der Waals surface area (Å²) >= 11 is 12.9. The molecule has 1 aromatic carbocycles. The maximum absolute atomic E-state index is 13.4. The molecule has 3 aromatic heterocycles. The third-order valence-corrected chi connectivity index (χ3v) is 10.2. The number of anilines is 1. The van der Waals surface area contributed by atoms with Gasteiger partial charge < -0.3 is 17.3 Å². The highest BCUT2D eigenvalue weighted by Crippen LogP contribution is 2.46. The van der Waals surface area contributed by atoms with Gasteiger partial charge in [0.1, 0.15) is 14.2 Å². The Kier molecular flexibility index (Phi) is 7.67. The van der Waals surface area contributed by atoms with Gasteiger partial charge in [-0.15, -0.1) is 22.7 Å². The molecule has 10 heteroatoms. The summed E-state index contributed by atoms with van der Waals surface area (Å²) in [5.41, 5.74) is 2.50. The average molecular weight is 569 g/mol. The molecule has 0 saturated heterocycles. The highest BCUT2D eigenvalue weighted by molar-refractivity contribution is 8.08. The largest absolute Gasteiger partial charge is 1.00 e. The van der Waals surface area contributed by atoms with Gasteiger partial charge in [-0.1, -0.05) is 34.7 Å². The molecule has 1 aliphatic heterocycles. The van der Waals surface area contributed by atoms with Crippen molar-refractivity contribution in [3.05, 3.63) is 80.7 Å². The molecular formula is C24H23Cl2N3OS4. The molecule has 0 atom stereocenters. The van der Waals surface area contributed by atoms with Gasteiger partial charge >= 0.3 is 0 Å². The normalized spacial score (nSPS) is 15.1. The molecule has 178 valence electrons. The van der Waals surface area contributed by atoms with Gasteiger partial charge in [0.25, 0.3) is 10.6 Å². The van der Waals surface area contributed by atoms with Crippen molar-refractivity contribution in [1.29, 1.82) is 0 Å². The van der Waals surface area contributed by atoms with Gasteiger partial charge in [-0.2, -0.15) is 4.57 Å². The van der Waals surface area contributed by atoms with E-state index in [0.29, 0.717) is 11.6 Å². The third kappa shape index (κ3) is 4.64. The van der Waals surface area contributed by atoms with Crippen molar-refractivity contribution >= 4 is 74.2 Å². The number of fused-ring (bicyclic) bond motifs is 1. The fraction of sp³-hybridized carbons (Fsp3) is 0.250. The Hall–Kier alpha value is -1.55. The summed E-state index contributed by atoms with van der Waals surface area (Å²) < 4.78 is 5.89. The summed E-state index contributed by atoms with van der Waals surface area (Å²) in [7, 11) is 2.01. The van der Waals surface area contributed by atoms with Gasteiger partial charge in [0.05, 0.1) is 17.1 Å². The van der Waals surface area contributed by atoms with Crippen LogP contribution in [0, 0.1) is 13.8 Å². The first-order chi connectivity index (χ1) is 15.9. The molecule has 1 aliphatic rings. The Morgan fingerprint density at radius 3 is 2.68 bits per heavy atom. The third-order valence-electron chi connectivity index (χ3n) is 5.66. The Labute approximate surface area is 225 Å². The molecule has 0 unspecified atom stereocenters. The topological polar surface area (TPSA) is 29.1 Å². The Bertz CT molecular complexity index is 1550. The van der Waals surface area contributed by atoms with Gasteiger partial charge in [-0.3, -0.25) is 9.36 Å². The van der Waals surface area contributed by atoms with Crippen LogP contribution in [0.5, 0.6) is 0 Å². The van der Waals surface area contributed by atoms with E-state index in [1.807, 2.05) is 48.1 Å². The zero-order valence-corrected chi connectivity index (χ0v) is 23.9. The number of hydrogen-bond acceptors (Lipinski definition) is 6. The van der Waals surface area contributed by atoms with Crippen molar-refractivity contribution in [3.8, 4) is 0 Å². The minimum absolute atomic E-state index is 0. The average Bonchev–Trinajstić information content (AvgIpc) is 3.50. The maximum Gasteiger partial charge on any atom is 0.271 e. The highest BCUT2D eigenvalue weighted by Gasteiger charge is 2.25. The van der Waals surface area contributed by atoms with Crippen LogP contribution < -0.4 is 36.6 Å². The molecule has 34 heavy (non-hydrogen) atoms. The number of benzene rings is 1. The number of aromatic nitrogens is 2. The lowest BCUT2D eigenvalue weighted by Crippen LogP contribution is -3.00. The summed E-state index contributed by atoms with van der Waals surface area (Å²) in [5.74, 6) is 0. The second kappa shape index (κ2) is 10.2. The van der Waals surface area contributed by atoms with Gasteiger partial charge in [0.2, 0.25) is 0 Å². The van der Waals surface area contributed by atoms with E-state index in [9.17, 15) is 4.79 Å². The van der Waals surface area contributed by atoms with Crippen LogP contribution in [0.3, 0.4) is 0 Å². The minimum Gasteiger partial charge on any atom is -1.00 e. The number of hydrogen-bond donors (Lipinski definition) is 0. The maximum atomic E-state index is 13.4. The lowest BCUT2D eigenvalue weighted by Gasteiger charge is -2.12. The molecular weight excluding hydrogens is 545 g/mol. The molecule has 0 N–H and O–H groups in total. The van der Waals surface area contributed by atoms with Crippen LogP contribution in [-0.2, 0) is 13.1 Å². The zero-order chi connectivity index (χ0) is 23.3. The lowest BCUT2D eigenvalue weighted by molar-refractivity contribution is -0.685. The second-order valence-electron chi connectivity index (χ2n) is 7.85. The fourth-order valence-electron chi connectivity index (χ4n) is 3.99. The Balaban J connectivity index is 0.00000274. The van der Waals surface area contributed by atoms with Crippen molar-refractivity contribution in [2.24, 2.45) is 0 Å². The first-order valence-corrected chi connectivity index (χ1v) is 14.3. The molecule has 0 saturated carbocycles. The SMILES string of the molecule is CCn1c(=O)/c(=C2\Sc3cc(Cl)ccc3N2C)s/c1=C\c1scc[n+]1Cc1cc(C)sc1C.[Cl-]. The number of thiophene rings is 1. The number of thioether (sulfide) groups is 1. The first-order valence-electron chi connectivity index (χ1n) is 10.6. The van der Waals surface area contributed by atoms with Crippen LogP contribution in [0.15, 0.2) is 45.5 Å². The number of rotatable bonds is 4. The molecule has 0 fully saturated rings. The van der Waals surface area contributed by atoms with Crippen molar-refractivity contribution < 1.29 is 17.0 Å². The highest BCUT2D eigenvalue weighted by atomic mass is 35.5. The fourth-order valence-corrected chi connectivity index (χ4v) is 8.52. The number of nitrogens with zero attached hydrogens (tertiary/aromatic N) is 3. The van der Waals surface area contributed by atoms with Crippen molar-refractivity contribution in [1.82, 2.24) is 4.57 Å². The van der Waals surface area contributed by atoms with E-state index in [0.717, 1.165) is 36.4 Å². The smallest absolute Gasteiger partial charge is 0.271 e. The van der Waals surface area contributed by atoms with Gasteiger partial charge in [0.15, 0.2) is 12.7 Å². The first kappa shape index (κ1) is 25.5. The van der Waals surface area contributed by atoms with E-state index in [1.54, 1.807) is 34.4 Å². The van der Waals surface area contributed by atoms with E-state index in [2.05, 4.69) is 47.0 Å². The van der Waals surface area contributed by atoms with Gasteiger partial charge in [-0.05, 0) is 45.0 Å². The molecule has 0 aliphatic carbocycles. The summed E-state index contributed by atoms with van der Waals surface area (Å²) in [5, 5.41) is 4.92. The van der Waals surface area contributed by atoms with E-state index < -0.39 is 0 Å². The van der Waals surface area contributed by atoms with Crippen LogP contribution in [0.2, 0.25) is 5.02 Å². The quantitative estimate of drug-likeness (QED) is 0.352. The van der Waals surface area contributed by atoms with E-state index in [1.165, 1.54) is 15.3 Å². The summed E-state index contributed by atoms with van der Waals surface area (Å²) in [6.45, 7) is 7.84. The van der Waals surface area contributed by atoms with Crippen LogP contribution in [-0.4, -0.2) is 11.6 Å². The van der Waals surface area contributed by atoms with E-state index >= 15 is 0 Å². The van der Waals surface area contributed by atoms with Crippen molar-refractivity contribution in [3.63, 3.8) is 0 Å². The second-order valence-corrected chi connectivity index (χ2v) is 12.7. The molecule has 0 bridgehead atoms. The number of halogens is 2. The summed E-state index contributed by atoms with van der Waals surface area (Å²) in [6.07, 6.45) is 4.28. The standard InChI is InChI=1S/C24H23ClN3OS4.ClH/c1-5-28-21(12-20-27(8-9-30-20)13-16-10-14(2)31-15(16)3)33-22(23(28)29)24-26(4)18-7-6-17(25)11-19(18)32-24;/h6-12H,5,13H2,1-4H3;1H/q+1;/p-1/b24-22+;. The lowest BCUT2D eigenvalue weighted by atomic mass is 10.2. The van der Waals surface area contributed by atoms with Crippen LogP contribution in [0.1, 0.15) is 27.2 Å². The molecule has 0 amide bonds. The molecule has 5 rings (SSSR count). The molecule has 4 aromatic rings. The van der Waals surface area contributed by atoms with Crippen LogP contribution in [0.25, 0.3) is 11.1 Å². The van der Waals surface area contributed by atoms with Gasteiger partial charge in [0, 0.05) is 38.8 Å². The number of thiazole rings is 2. The van der Waals surface area contributed by atoms with Crippen molar-refractivity contribution in [2.45, 2.75) is 38.8 Å². The van der Waals surface area contributed by atoms with Crippen molar-refractivity contribution in [2.75, 3.05) is 11.9 Å². The minimum atomic E-state index is 0. The monoisotopic (exact) mass is 567 g/mol. The predicted octanol–water partition coefficient (Wildman–Crippen LogP) is 1.80. The summed E-state index contributed by atoms with van der Waals surface area (Å²) in [4.78, 5) is 19.3. The summed E-state index contributed by atoms with van der Waals surface area (Å²) in [6, 6.07) is 8.14. The van der Waals surface area contributed by atoms with Crippen LogP contribution in [0.4, 0.5) is 5.69 Å². The van der Waals surface area contributed by atoms with Crippen LogP contribution >= 0.6 is 57.4 Å². The molecule has 4 heterocycles. The van der Waals surface area contributed by atoms with E-state index in [-0.39, 0.29) is 18.0 Å². The number of aryl methyl sites for hydroxylation is 2. The molecule has 0 radical (unpaired) electrons.